The third-order valence-corrected chi connectivity index (χ3v) is 3.66. The van der Waals surface area contributed by atoms with Gasteiger partial charge in [-0.2, -0.15) is 0 Å². The van der Waals surface area contributed by atoms with E-state index in [1.807, 2.05) is 0 Å². The summed E-state index contributed by atoms with van der Waals surface area (Å²) in [6.07, 6.45) is 3.41. The normalized spacial score (nSPS) is 20.8. The zero-order chi connectivity index (χ0) is 13.0. The third kappa shape index (κ3) is 4.07. The van der Waals surface area contributed by atoms with E-state index in [1.54, 1.807) is 0 Å². The number of nitrogens with zero attached hydrogens (tertiary/aromatic N) is 1. The quantitative estimate of drug-likeness (QED) is 0.846. The first-order valence-electron chi connectivity index (χ1n) is 6.72. The van der Waals surface area contributed by atoms with Gasteiger partial charge in [0.15, 0.2) is 0 Å². The van der Waals surface area contributed by atoms with Crippen molar-refractivity contribution in [2.24, 2.45) is 11.7 Å². The third-order valence-electron chi connectivity index (χ3n) is 3.52. The van der Waals surface area contributed by atoms with Crippen LogP contribution in [-0.4, -0.2) is 23.0 Å². The van der Waals surface area contributed by atoms with Crippen molar-refractivity contribution >= 4 is 17.2 Å². The molecule has 2 N–H and O–H groups in total. The summed E-state index contributed by atoms with van der Waals surface area (Å²) < 4.78 is 0. The van der Waals surface area contributed by atoms with Crippen LogP contribution < -0.4 is 5.73 Å². The fraction of sp³-hybridized carbons (Fsp3) is 0.533. The van der Waals surface area contributed by atoms with Crippen molar-refractivity contribution in [2.75, 3.05) is 13.1 Å². The molecule has 1 aromatic carbocycles. The first kappa shape index (κ1) is 13.5. The van der Waals surface area contributed by atoms with Gasteiger partial charge in [-0.1, -0.05) is 43.4 Å². The summed E-state index contributed by atoms with van der Waals surface area (Å²) >= 11 is 4.97. The maximum absolute atomic E-state index is 5.60. The highest BCUT2D eigenvalue weighted by molar-refractivity contribution is 7.80. The molecule has 1 unspecified atom stereocenters. The molecule has 1 saturated heterocycles. The van der Waals surface area contributed by atoms with Crippen molar-refractivity contribution in [2.45, 2.75) is 32.7 Å². The molecule has 1 aromatic rings. The predicted molar refractivity (Wildman–Crippen MR) is 80.6 cm³/mol. The van der Waals surface area contributed by atoms with Gasteiger partial charge in [0, 0.05) is 19.5 Å². The van der Waals surface area contributed by atoms with E-state index in [2.05, 4.69) is 36.1 Å². The summed E-state index contributed by atoms with van der Waals surface area (Å²) in [5.41, 5.74) is 8.20. The lowest BCUT2D eigenvalue weighted by Gasteiger charge is -2.30. The molecule has 0 saturated carbocycles. The van der Waals surface area contributed by atoms with Crippen molar-refractivity contribution in [1.29, 1.82) is 0 Å². The van der Waals surface area contributed by atoms with E-state index >= 15 is 0 Å². The number of rotatable bonds is 4. The summed E-state index contributed by atoms with van der Waals surface area (Å²) in [6, 6.07) is 8.64. The minimum Gasteiger partial charge on any atom is -0.393 e. The molecule has 0 aromatic heterocycles. The van der Waals surface area contributed by atoms with E-state index in [-0.39, 0.29) is 0 Å². The van der Waals surface area contributed by atoms with Crippen LogP contribution in [0.25, 0.3) is 0 Å². The maximum atomic E-state index is 5.60. The van der Waals surface area contributed by atoms with Gasteiger partial charge in [0.2, 0.25) is 0 Å². The number of thiocarbonyl (C=S) groups is 1. The molecule has 1 atom stereocenters. The van der Waals surface area contributed by atoms with Crippen LogP contribution in [0.5, 0.6) is 0 Å². The first-order valence-corrected chi connectivity index (χ1v) is 7.13. The highest BCUT2D eigenvalue weighted by atomic mass is 32.1. The average Bonchev–Trinajstić information content (AvgIpc) is 2.28. The predicted octanol–water partition coefficient (Wildman–Crippen LogP) is 2.75. The molecule has 0 radical (unpaired) electrons. The lowest BCUT2D eigenvalue weighted by atomic mass is 9.99. The van der Waals surface area contributed by atoms with E-state index in [4.69, 9.17) is 18.0 Å². The number of likely N-dealkylation sites (tertiary alicyclic amines) is 1. The van der Waals surface area contributed by atoms with Crippen LogP contribution in [0.15, 0.2) is 24.3 Å². The largest absolute Gasteiger partial charge is 0.393 e. The monoisotopic (exact) mass is 262 g/mol. The fourth-order valence-electron chi connectivity index (χ4n) is 2.73. The van der Waals surface area contributed by atoms with Crippen LogP contribution in [0.3, 0.4) is 0 Å². The second kappa shape index (κ2) is 6.30. The molecule has 1 heterocycles. The van der Waals surface area contributed by atoms with Gasteiger partial charge in [0.25, 0.3) is 0 Å². The lowest BCUT2D eigenvalue weighted by molar-refractivity contribution is 0.176. The lowest BCUT2D eigenvalue weighted by Crippen LogP contribution is -2.33. The molecule has 1 aliphatic rings. The van der Waals surface area contributed by atoms with Gasteiger partial charge < -0.3 is 5.73 Å². The first-order chi connectivity index (χ1) is 8.63. The van der Waals surface area contributed by atoms with Crippen LogP contribution in [-0.2, 0) is 13.0 Å². The average molecular weight is 262 g/mol. The molecule has 0 aliphatic carbocycles. The molecule has 0 bridgehead atoms. The van der Waals surface area contributed by atoms with Crippen LogP contribution in [0.1, 0.15) is 30.9 Å². The van der Waals surface area contributed by atoms with Crippen molar-refractivity contribution in [3.05, 3.63) is 35.4 Å². The summed E-state index contributed by atoms with van der Waals surface area (Å²) in [4.78, 5) is 3.12. The highest BCUT2D eigenvalue weighted by Crippen LogP contribution is 2.18. The molecule has 0 amide bonds. The molecule has 3 heteroatoms. The zero-order valence-corrected chi connectivity index (χ0v) is 11.9. The van der Waals surface area contributed by atoms with Gasteiger partial charge in [-0.15, -0.1) is 0 Å². The van der Waals surface area contributed by atoms with Crippen LogP contribution in [0.2, 0.25) is 0 Å². The molecule has 0 spiro atoms. The summed E-state index contributed by atoms with van der Waals surface area (Å²) in [6.45, 7) is 5.84. The van der Waals surface area contributed by atoms with Crippen LogP contribution in [0, 0.1) is 5.92 Å². The minimum atomic E-state index is 0.568. The standard InChI is InChI=1S/C15H22N2S/c1-12-4-3-7-17(10-12)11-14-6-2-5-13(8-14)9-15(16)18/h2,5-6,8,12H,3-4,7,9-11H2,1H3,(H2,16,18). The second-order valence-electron chi connectivity index (χ2n) is 5.45. The van der Waals surface area contributed by atoms with E-state index in [9.17, 15) is 0 Å². The topological polar surface area (TPSA) is 29.3 Å². The summed E-state index contributed by atoms with van der Waals surface area (Å²) in [7, 11) is 0. The smallest absolute Gasteiger partial charge is 0.0771 e. The Labute approximate surface area is 115 Å². The fourth-order valence-corrected chi connectivity index (χ4v) is 2.89. The number of nitrogens with two attached hydrogens (primary N) is 1. The molecule has 1 aliphatic heterocycles. The van der Waals surface area contributed by atoms with Crippen molar-refractivity contribution < 1.29 is 0 Å². The number of hydrogen-bond donors (Lipinski definition) is 1. The summed E-state index contributed by atoms with van der Waals surface area (Å²) in [5, 5.41) is 0. The van der Waals surface area contributed by atoms with Gasteiger partial charge in [-0.25, -0.2) is 0 Å². The highest BCUT2D eigenvalue weighted by Gasteiger charge is 2.16. The molecule has 1 fully saturated rings. The Kier molecular flexibility index (Phi) is 4.72. The van der Waals surface area contributed by atoms with Crippen molar-refractivity contribution in [3.63, 3.8) is 0 Å². The number of piperidine rings is 1. The van der Waals surface area contributed by atoms with Gasteiger partial charge >= 0.3 is 0 Å². The van der Waals surface area contributed by atoms with Gasteiger partial charge in [-0.3, -0.25) is 4.90 Å². The Balaban J connectivity index is 1.98. The van der Waals surface area contributed by atoms with Crippen LogP contribution >= 0.6 is 12.2 Å². The SMILES string of the molecule is CC1CCCN(Cc2cccc(CC(N)=S)c2)C1. The Morgan fingerprint density at radius 3 is 2.94 bits per heavy atom. The van der Waals surface area contributed by atoms with E-state index in [1.165, 1.54) is 37.1 Å². The van der Waals surface area contributed by atoms with Gasteiger partial charge in [0.1, 0.15) is 0 Å². The molecular formula is C15H22N2S. The second-order valence-corrected chi connectivity index (χ2v) is 5.97. The molecule has 98 valence electrons. The molecule has 18 heavy (non-hydrogen) atoms. The van der Waals surface area contributed by atoms with E-state index in [0.29, 0.717) is 11.4 Å². The molecule has 2 rings (SSSR count). The maximum Gasteiger partial charge on any atom is 0.0771 e. The Morgan fingerprint density at radius 1 is 1.44 bits per heavy atom. The minimum absolute atomic E-state index is 0.568. The Bertz CT molecular complexity index is 417. The van der Waals surface area contributed by atoms with Gasteiger partial charge in [0.05, 0.1) is 4.99 Å². The molecular weight excluding hydrogens is 240 g/mol. The van der Waals surface area contributed by atoms with Gasteiger partial charge in [-0.05, 0) is 36.4 Å². The van der Waals surface area contributed by atoms with Crippen molar-refractivity contribution in [3.8, 4) is 0 Å². The molecule has 2 nitrogen and oxygen atoms in total. The zero-order valence-electron chi connectivity index (χ0n) is 11.1. The number of benzene rings is 1. The van der Waals surface area contributed by atoms with Crippen molar-refractivity contribution in [1.82, 2.24) is 4.90 Å². The summed E-state index contributed by atoms with van der Waals surface area (Å²) in [5.74, 6) is 0.832. The number of hydrogen-bond acceptors (Lipinski definition) is 2. The Hall–Kier alpha value is -0.930. The Morgan fingerprint density at radius 2 is 2.22 bits per heavy atom. The van der Waals surface area contributed by atoms with E-state index in [0.717, 1.165) is 12.5 Å². The van der Waals surface area contributed by atoms with Crippen LogP contribution in [0.4, 0.5) is 0 Å². The van der Waals surface area contributed by atoms with E-state index < -0.39 is 0 Å².